The molecule has 2 rings (SSSR count). The standard InChI is InChI=1S/C10H15N5O/c1-7(11)3-4-9-13-10(14-16-9)8-5-12-6-15(8)2/h5-7H,3-4,11H2,1-2H3. The molecule has 86 valence electrons. The van der Waals surface area contributed by atoms with Crippen molar-refractivity contribution >= 4 is 0 Å². The first kappa shape index (κ1) is 10.8. The molecule has 0 spiro atoms. The number of rotatable bonds is 4. The summed E-state index contributed by atoms with van der Waals surface area (Å²) >= 11 is 0. The zero-order valence-corrected chi connectivity index (χ0v) is 9.42. The van der Waals surface area contributed by atoms with E-state index in [1.807, 2.05) is 18.5 Å². The van der Waals surface area contributed by atoms with E-state index < -0.39 is 0 Å². The van der Waals surface area contributed by atoms with Crippen molar-refractivity contribution in [2.75, 3.05) is 0 Å². The van der Waals surface area contributed by atoms with Gasteiger partial charge in [0.05, 0.1) is 12.5 Å². The van der Waals surface area contributed by atoms with Crippen molar-refractivity contribution in [1.82, 2.24) is 19.7 Å². The predicted molar refractivity (Wildman–Crippen MR) is 58.5 cm³/mol. The Morgan fingerprint density at radius 3 is 3.00 bits per heavy atom. The van der Waals surface area contributed by atoms with Crippen LogP contribution >= 0.6 is 0 Å². The molecule has 0 saturated carbocycles. The molecule has 0 fully saturated rings. The van der Waals surface area contributed by atoms with Gasteiger partial charge in [-0.25, -0.2) is 4.98 Å². The molecule has 2 heterocycles. The van der Waals surface area contributed by atoms with Crippen LogP contribution in [-0.2, 0) is 13.5 Å². The zero-order valence-electron chi connectivity index (χ0n) is 9.42. The highest BCUT2D eigenvalue weighted by molar-refractivity contribution is 5.46. The molecule has 0 amide bonds. The first-order valence-corrected chi connectivity index (χ1v) is 5.21. The first-order chi connectivity index (χ1) is 7.66. The van der Waals surface area contributed by atoms with Gasteiger partial charge in [-0.2, -0.15) is 4.98 Å². The molecule has 0 aliphatic carbocycles. The minimum absolute atomic E-state index is 0.145. The molecular formula is C10H15N5O. The van der Waals surface area contributed by atoms with Crippen LogP contribution in [0.4, 0.5) is 0 Å². The SMILES string of the molecule is CC(N)CCc1nc(-c2cncn2C)no1. The fourth-order valence-electron chi connectivity index (χ4n) is 1.38. The second-order valence-electron chi connectivity index (χ2n) is 3.92. The summed E-state index contributed by atoms with van der Waals surface area (Å²) < 4.78 is 6.98. The summed E-state index contributed by atoms with van der Waals surface area (Å²) in [4.78, 5) is 8.29. The van der Waals surface area contributed by atoms with Crippen molar-refractivity contribution in [2.24, 2.45) is 12.8 Å². The topological polar surface area (TPSA) is 82.8 Å². The second kappa shape index (κ2) is 4.44. The van der Waals surface area contributed by atoms with Gasteiger partial charge < -0.3 is 14.8 Å². The van der Waals surface area contributed by atoms with Crippen LogP contribution in [0.25, 0.3) is 11.5 Å². The maximum atomic E-state index is 5.66. The van der Waals surface area contributed by atoms with Crippen molar-refractivity contribution < 1.29 is 4.52 Å². The normalized spacial score (nSPS) is 12.9. The molecule has 0 saturated heterocycles. The monoisotopic (exact) mass is 221 g/mol. The molecular weight excluding hydrogens is 206 g/mol. The van der Waals surface area contributed by atoms with Gasteiger partial charge in [-0.1, -0.05) is 5.16 Å². The lowest BCUT2D eigenvalue weighted by Crippen LogP contribution is -2.15. The smallest absolute Gasteiger partial charge is 0.227 e. The quantitative estimate of drug-likeness (QED) is 0.823. The van der Waals surface area contributed by atoms with Crippen LogP contribution in [0.5, 0.6) is 0 Å². The second-order valence-corrected chi connectivity index (χ2v) is 3.92. The molecule has 16 heavy (non-hydrogen) atoms. The van der Waals surface area contributed by atoms with E-state index >= 15 is 0 Å². The number of hydrogen-bond donors (Lipinski definition) is 1. The first-order valence-electron chi connectivity index (χ1n) is 5.21. The fourth-order valence-corrected chi connectivity index (χ4v) is 1.38. The van der Waals surface area contributed by atoms with Crippen LogP contribution < -0.4 is 5.73 Å². The Kier molecular flexibility index (Phi) is 3.00. The van der Waals surface area contributed by atoms with Gasteiger partial charge >= 0.3 is 0 Å². The van der Waals surface area contributed by atoms with E-state index in [1.165, 1.54) is 0 Å². The number of nitrogens with zero attached hydrogens (tertiary/aromatic N) is 4. The Bertz CT molecular complexity index is 459. The van der Waals surface area contributed by atoms with Crippen molar-refractivity contribution in [3.8, 4) is 11.5 Å². The predicted octanol–water partition coefficient (Wildman–Crippen LogP) is 0.750. The summed E-state index contributed by atoms with van der Waals surface area (Å²) in [5, 5.41) is 3.91. The van der Waals surface area contributed by atoms with Gasteiger partial charge in [-0.05, 0) is 13.3 Å². The van der Waals surface area contributed by atoms with Gasteiger partial charge in [-0.15, -0.1) is 0 Å². The lowest BCUT2D eigenvalue weighted by molar-refractivity contribution is 0.372. The van der Waals surface area contributed by atoms with Crippen molar-refractivity contribution in [1.29, 1.82) is 0 Å². The Labute approximate surface area is 93.5 Å². The summed E-state index contributed by atoms with van der Waals surface area (Å²) in [6.07, 6.45) is 4.96. The molecule has 0 aromatic carbocycles. The molecule has 1 atom stereocenters. The van der Waals surface area contributed by atoms with Crippen LogP contribution in [0.1, 0.15) is 19.2 Å². The summed E-state index contributed by atoms with van der Waals surface area (Å²) in [6.45, 7) is 1.96. The summed E-state index contributed by atoms with van der Waals surface area (Å²) in [5.74, 6) is 1.19. The highest BCUT2D eigenvalue weighted by atomic mass is 16.5. The van der Waals surface area contributed by atoms with E-state index in [4.69, 9.17) is 10.3 Å². The van der Waals surface area contributed by atoms with Gasteiger partial charge in [0.1, 0.15) is 5.69 Å². The van der Waals surface area contributed by atoms with Crippen LogP contribution in [0, 0.1) is 0 Å². The van der Waals surface area contributed by atoms with Crippen LogP contribution in [-0.4, -0.2) is 25.7 Å². The molecule has 2 aromatic heterocycles. The number of hydrogen-bond acceptors (Lipinski definition) is 5. The summed E-state index contributed by atoms with van der Waals surface area (Å²) in [5.41, 5.74) is 6.51. The van der Waals surface area contributed by atoms with E-state index in [9.17, 15) is 0 Å². The van der Waals surface area contributed by atoms with Crippen molar-refractivity contribution in [3.63, 3.8) is 0 Å². The third-order valence-corrected chi connectivity index (χ3v) is 2.33. The van der Waals surface area contributed by atoms with Gasteiger partial charge in [0.2, 0.25) is 11.7 Å². The molecule has 0 radical (unpaired) electrons. The lowest BCUT2D eigenvalue weighted by atomic mass is 10.2. The van der Waals surface area contributed by atoms with E-state index in [1.54, 1.807) is 12.5 Å². The van der Waals surface area contributed by atoms with Gasteiger partial charge in [0.15, 0.2) is 0 Å². The molecule has 6 heteroatoms. The average Bonchev–Trinajstić information content (AvgIpc) is 2.83. The molecule has 2 N–H and O–H groups in total. The van der Waals surface area contributed by atoms with Crippen molar-refractivity contribution in [2.45, 2.75) is 25.8 Å². The largest absolute Gasteiger partial charge is 0.339 e. The molecule has 0 bridgehead atoms. The van der Waals surface area contributed by atoms with Crippen LogP contribution in [0.15, 0.2) is 17.0 Å². The molecule has 0 aliphatic heterocycles. The highest BCUT2D eigenvalue weighted by Crippen LogP contribution is 2.14. The third kappa shape index (κ3) is 2.27. The van der Waals surface area contributed by atoms with Crippen LogP contribution in [0.2, 0.25) is 0 Å². The minimum Gasteiger partial charge on any atom is -0.339 e. The number of imidazole rings is 1. The Balaban J connectivity index is 2.11. The van der Waals surface area contributed by atoms with E-state index in [2.05, 4.69) is 15.1 Å². The summed E-state index contributed by atoms with van der Waals surface area (Å²) in [6, 6.07) is 0.145. The number of aryl methyl sites for hydroxylation is 2. The molecule has 1 unspecified atom stereocenters. The minimum atomic E-state index is 0.145. The molecule has 6 nitrogen and oxygen atoms in total. The van der Waals surface area contributed by atoms with E-state index in [0.717, 1.165) is 12.1 Å². The maximum Gasteiger partial charge on any atom is 0.227 e. The Hall–Kier alpha value is -1.69. The van der Waals surface area contributed by atoms with E-state index in [0.29, 0.717) is 18.1 Å². The van der Waals surface area contributed by atoms with Gasteiger partial charge in [0, 0.05) is 19.5 Å². The number of aromatic nitrogens is 4. The fraction of sp³-hybridized carbons (Fsp3) is 0.500. The third-order valence-electron chi connectivity index (χ3n) is 2.33. The Morgan fingerprint density at radius 1 is 1.56 bits per heavy atom. The van der Waals surface area contributed by atoms with Crippen molar-refractivity contribution in [3.05, 3.63) is 18.4 Å². The Morgan fingerprint density at radius 2 is 2.38 bits per heavy atom. The lowest BCUT2D eigenvalue weighted by Gasteiger charge is -1.99. The number of nitrogens with two attached hydrogens (primary N) is 1. The molecule has 2 aromatic rings. The van der Waals surface area contributed by atoms with Crippen LogP contribution in [0.3, 0.4) is 0 Å². The highest BCUT2D eigenvalue weighted by Gasteiger charge is 2.11. The molecule has 0 aliphatic rings. The van der Waals surface area contributed by atoms with Gasteiger partial charge in [-0.3, -0.25) is 0 Å². The zero-order chi connectivity index (χ0) is 11.5. The average molecular weight is 221 g/mol. The van der Waals surface area contributed by atoms with Gasteiger partial charge in [0.25, 0.3) is 0 Å². The van der Waals surface area contributed by atoms with E-state index in [-0.39, 0.29) is 6.04 Å². The summed E-state index contributed by atoms with van der Waals surface area (Å²) in [7, 11) is 1.89. The maximum absolute atomic E-state index is 5.66.